The number of fused-ring (bicyclic) bond motifs is 1. The van der Waals surface area contributed by atoms with Crippen LogP contribution >= 0.6 is 0 Å². The molecule has 1 amide bonds. The molecule has 1 aromatic rings. The van der Waals surface area contributed by atoms with Crippen molar-refractivity contribution in [1.29, 1.82) is 0 Å². The molecule has 1 aromatic carbocycles. The maximum absolute atomic E-state index is 11.3. The Labute approximate surface area is 147 Å². The Kier molecular flexibility index (Phi) is 5.39. The lowest BCUT2D eigenvalue weighted by Crippen LogP contribution is -2.48. The predicted molar refractivity (Wildman–Crippen MR) is 92.9 cm³/mol. The van der Waals surface area contributed by atoms with Crippen molar-refractivity contribution < 1.29 is 19.8 Å². The van der Waals surface area contributed by atoms with Gasteiger partial charge in [0.25, 0.3) is 0 Å². The highest BCUT2D eigenvalue weighted by Crippen LogP contribution is 2.37. The summed E-state index contributed by atoms with van der Waals surface area (Å²) < 4.78 is 0. The van der Waals surface area contributed by atoms with Gasteiger partial charge in [0.1, 0.15) is 0 Å². The minimum Gasteiger partial charge on any atom is -0.481 e. The fourth-order valence-corrected chi connectivity index (χ4v) is 4.27. The molecule has 0 bridgehead atoms. The molecule has 0 unspecified atom stereocenters. The molecule has 0 aromatic heterocycles. The highest BCUT2D eigenvalue weighted by molar-refractivity contribution is 5.73. The molecule has 4 atom stereocenters. The molecule has 2 fully saturated rings. The minimum atomic E-state index is -0.816. The molecule has 0 spiro atoms. The van der Waals surface area contributed by atoms with Gasteiger partial charge in [0.2, 0.25) is 5.91 Å². The van der Waals surface area contributed by atoms with Crippen LogP contribution in [-0.2, 0) is 22.6 Å². The summed E-state index contributed by atoms with van der Waals surface area (Å²) in [5, 5.41) is 22.0. The summed E-state index contributed by atoms with van der Waals surface area (Å²) in [6.45, 7) is 4.27. The number of carbonyl (C=O) groups is 2. The molecule has 1 aliphatic heterocycles. The zero-order chi connectivity index (χ0) is 18.0. The summed E-state index contributed by atoms with van der Waals surface area (Å²) in [5.74, 6) is 0.0836. The molecule has 1 saturated heterocycles. The number of hydrogen-bond acceptors (Lipinski definition) is 4. The fourth-order valence-electron chi connectivity index (χ4n) is 4.27. The van der Waals surface area contributed by atoms with Gasteiger partial charge in [-0.25, -0.2) is 0 Å². The zero-order valence-corrected chi connectivity index (χ0v) is 14.5. The number of nitrogens with zero attached hydrogens (tertiary/aromatic N) is 1. The third-order valence-electron chi connectivity index (χ3n) is 5.39. The molecular weight excluding hydrogens is 320 g/mol. The van der Waals surface area contributed by atoms with Crippen LogP contribution in [-0.4, -0.2) is 52.2 Å². The van der Waals surface area contributed by atoms with E-state index in [1.54, 1.807) is 0 Å². The number of carboxylic acid groups (broad SMARTS) is 1. The number of carboxylic acids is 1. The molecule has 3 rings (SSSR count). The van der Waals surface area contributed by atoms with Crippen molar-refractivity contribution in [1.82, 2.24) is 10.2 Å². The summed E-state index contributed by atoms with van der Waals surface area (Å²) in [6.07, 6.45) is 1.17. The Morgan fingerprint density at radius 1 is 1.12 bits per heavy atom. The second-order valence-electron chi connectivity index (χ2n) is 7.45. The average molecular weight is 346 g/mol. The fraction of sp³-hybridized carbons (Fsp3) is 0.579. The summed E-state index contributed by atoms with van der Waals surface area (Å²) in [6, 6.07) is 7.62. The van der Waals surface area contributed by atoms with Crippen LogP contribution < -0.4 is 5.32 Å². The van der Waals surface area contributed by atoms with Gasteiger partial charge >= 0.3 is 5.97 Å². The SMILES string of the molecule is CC(=O)N[C@@H]1C[C@@H]2CN(Cc3ccc(CC(=O)O)cc3)C[C@@H]2C[C@H]1O. The average Bonchev–Trinajstić information content (AvgIpc) is 2.89. The van der Waals surface area contributed by atoms with Gasteiger partial charge in [0.05, 0.1) is 18.6 Å². The Hall–Kier alpha value is -1.92. The lowest BCUT2D eigenvalue weighted by Gasteiger charge is -2.35. The summed E-state index contributed by atoms with van der Waals surface area (Å²) in [5.41, 5.74) is 1.99. The third-order valence-corrected chi connectivity index (χ3v) is 5.39. The number of rotatable bonds is 5. The van der Waals surface area contributed by atoms with Gasteiger partial charge in [0.15, 0.2) is 0 Å². The van der Waals surface area contributed by atoms with E-state index in [0.29, 0.717) is 11.8 Å². The standard InChI is InChI=1S/C19H26N2O4/c1-12(22)20-17-7-15-10-21(11-16(15)8-18(17)23)9-14-4-2-13(3-5-14)6-19(24)25/h2-5,15-18,23H,6-11H2,1H3,(H,20,22)(H,24,25)/t15-,16+,17-,18-/m1/s1. The number of aliphatic hydroxyl groups excluding tert-OH is 1. The minimum absolute atomic E-state index is 0.0522. The van der Waals surface area contributed by atoms with E-state index >= 15 is 0 Å². The maximum Gasteiger partial charge on any atom is 0.307 e. The van der Waals surface area contributed by atoms with Gasteiger partial charge in [-0.3, -0.25) is 14.5 Å². The van der Waals surface area contributed by atoms with E-state index in [2.05, 4.69) is 10.2 Å². The van der Waals surface area contributed by atoms with Gasteiger partial charge in [-0.2, -0.15) is 0 Å². The van der Waals surface area contributed by atoms with Crippen LogP contribution in [0.1, 0.15) is 30.9 Å². The lowest BCUT2D eigenvalue weighted by molar-refractivity contribution is -0.136. The number of carbonyl (C=O) groups excluding carboxylic acids is 1. The first-order valence-corrected chi connectivity index (χ1v) is 8.88. The number of nitrogens with one attached hydrogen (secondary N) is 1. The largest absolute Gasteiger partial charge is 0.481 e. The Morgan fingerprint density at radius 2 is 1.72 bits per heavy atom. The topological polar surface area (TPSA) is 89.9 Å². The number of likely N-dealkylation sites (tertiary alicyclic amines) is 1. The molecule has 25 heavy (non-hydrogen) atoms. The van der Waals surface area contributed by atoms with E-state index in [4.69, 9.17) is 5.11 Å². The van der Waals surface area contributed by atoms with Crippen molar-refractivity contribution in [3.05, 3.63) is 35.4 Å². The van der Waals surface area contributed by atoms with Gasteiger partial charge in [-0.1, -0.05) is 24.3 Å². The van der Waals surface area contributed by atoms with Crippen LogP contribution in [0.4, 0.5) is 0 Å². The van der Waals surface area contributed by atoms with Crippen LogP contribution in [0.15, 0.2) is 24.3 Å². The van der Waals surface area contributed by atoms with Crippen molar-refractivity contribution in [3.8, 4) is 0 Å². The monoisotopic (exact) mass is 346 g/mol. The maximum atomic E-state index is 11.3. The second kappa shape index (κ2) is 7.54. The van der Waals surface area contributed by atoms with Crippen LogP contribution in [0.2, 0.25) is 0 Å². The summed E-state index contributed by atoms with van der Waals surface area (Å²) in [4.78, 5) is 24.4. The van der Waals surface area contributed by atoms with Crippen LogP contribution in [0.5, 0.6) is 0 Å². The normalized spacial score (nSPS) is 29.2. The third kappa shape index (κ3) is 4.58. The number of benzene rings is 1. The van der Waals surface area contributed by atoms with Crippen LogP contribution in [0, 0.1) is 11.8 Å². The number of amides is 1. The van der Waals surface area contributed by atoms with E-state index in [1.807, 2.05) is 24.3 Å². The van der Waals surface area contributed by atoms with E-state index in [-0.39, 0.29) is 18.4 Å². The molecule has 6 nitrogen and oxygen atoms in total. The van der Waals surface area contributed by atoms with Crippen molar-refractivity contribution in [2.75, 3.05) is 13.1 Å². The number of aliphatic carboxylic acids is 1. The number of aliphatic hydroxyl groups is 1. The molecule has 1 saturated carbocycles. The van der Waals surface area contributed by atoms with E-state index in [9.17, 15) is 14.7 Å². The van der Waals surface area contributed by atoms with Crippen molar-refractivity contribution in [2.24, 2.45) is 11.8 Å². The van der Waals surface area contributed by atoms with Gasteiger partial charge in [-0.15, -0.1) is 0 Å². The summed E-state index contributed by atoms with van der Waals surface area (Å²) >= 11 is 0. The van der Waals surface area contributed by atoms with E-state index < -0.39 is 12.1 Å². The highest BCUT2D eigenvalue weighted by Gasteiger charge is 2.41. The van der Waals surface area contributed by atoms with E-state index in [0.717, 1.165) is 38.0 Å². The predicted octanol–water partition coefficient (Wildman–Crippen LogP) is 1.02. The first kappa shape index (κ1) is 17.9. The van der Waals surface area contributed by atoms with Crippen LogP contribution in [0.25, 0.3) is 0 Å². The summed E-state index contributed by atoms with van der Waals surface area (Å²) in [7, 11) is 0. The zero-order valence-electron chi connectivity index (χ0n) is 14.5. The molecule has 6 heteroatoms. The lowest BCUT2D eigenvalue weighted by atomic mass is 9.77. The highest BCUT2D eigenvalue weighted by atomic mass is 16.4. The number of hydrogen-bond donors (Lipinski definition) is 3. The Morgan fingerprint density at radius 3 is 2.32 bits per heavy atom. The Balaban J connectivity index is 1.56. The van der Waals surface area contributed by atoms with Crippen LogP contribution in [0.3, 0.4) is 0 Å². The second-order valence-corrected chi connectivity index (χ2v) is 7.45. The molecule has 1 heterocycles. The molecular formula is C19H26N2O4. The molecule has 1 aliphatic carbocycles. The molecule has 0 radical (unpaired) electrons. The van der Waals surface area contributed by atoms with Crippen molar-refractivity contribution >= 4 is 11.9 Å². The van der Waals surface area contributed by atoms with Gasteiger partial charge in [0, 0.05) is 26.6 Å². The first-order chi connectivity index (χ1) is 11.9. The Bertz CT molecular complexity index is 631. The van der Waals surface area contributed by atoms with Gasteiger partial charge < -0.3 is 15.5 Å². The van der Waals surface area contributed by atoms with Crippen molar-refractivity contribution in [3.63, 3.8) is 0 Å². The van der Waals surface area contributed by atoms with E-state index in [1.165, 1.54) is 12.5 Å². The smallest absolute Gasteiger partial charge is 0.307 e. The van der Waals surface area contributed by atoms with Crippen molar-refractivity contribution in [2.45, 2.75) is 44.9 Å². The molecule has 3 N–H and O–H groups in total. The molecule has 2 aliphatic rings. The first-order valence-electron chi connectivity index (χ1n) is 8.88. The van der Waals surface area contributed by atoms with Gasteiger partial charge in [-0.05, 0) is 35.8 Å². The molecule has 136 valence electrons. The quantitative estimate of drug-likeness (QED) is 0.741.